The molecule has 0 rings (SSSR count). The van der Waals surface area contributed by atoms with Gasteiger partial charge in [-0.25, -0.2) is 0 Å². The Hall–Kier alpha value is -0.0800. The largest absolute Gasteiger partial charge is 0.382 e. The van der Waals surface area contributed by atoms with Gasteiger partial charge in [0, 0.05) is 13.2 Å². The van der Waals surface area contributed by atoms with Crippen molar-refractivity contribution in [3.05, 3.63) is 0 Å². The summed E-state index contributed by atoms with van der Waals surface area (Å²) in [5, 5.41) is 0. The number of rotatable bonds is 5. The molecule has 0 aliphatic heterocycles. The minimum atomic E-state index is 0.0245. The molecule has 0 fully saturated rings. The van der Waals surface area contributed by atoms with Crippen LogP contribution in [0.4, 0.5) is 0 Å². The van der Waals surface area contributed by atoms with Gasteiger partial charge in [-0.3, -0.25) is 0 Å². The van der Waals surface area contributed by atoms with Crippen LogP contribution in [0, 0.1) is 0 Å². The van der Waals surface area contributed by atoms with Gasteiger partial charge in [-0.2, -0.15) is 0 Å². The van der Waals surface area contributed by atoms with E-state index in [4.69, 9.17) is 9.47 Å². The summed E-state index contributed by atoms with van der Waals surface area (Å²) in [6.07, 6.45) is 2.68. The molecular weight excluding hydrogens is 188 g/mol. The molecule has 0 aromatic carbocycles. The molecule has 0 radical (unpaired) electrons. The van der Waals surface area contributed by atoms with E-state index in [0.717, 1.165) is 26.1 Å². The van der Waals surface area contributed by atoms with Crippen molar-refractivity contribution in [2.45, 2.75) is 73.0 Å². The van der Waals surface area contributed by atoms with Crippen LogP contribution in [0.15, 0.2) is 0 Å². The minimum Gasteiger partial charge on any atom is -0.382 e. The fourth-order valence-electron chi connectivity index (χ4n) is 1.16. The van der Waals surface area contributed by atoms with Gasteiger partial charge in [0.05, 0.1) is 11.7 Å². The highest BCUT2D eigenvalue weighted by Gasteiger charge is 2.15. The Morgan fingerprint density at radius 1 is 0.867 bits per heavy atom. The summed E-state index contributed by atoms with van der Waals surface area (Å²) < 4.78 is 10.6. The second kappa shape index (κ2) is 10.4. The van der Waals surface area contributed by atoms with Crippen LogP contribution in [-0.4, -0.2) is 24.9 Å². The Kier molecular flexibility index (Phi) is 12.1. The van der Waals surface area contributed by atoms with E-state index in [1.807, 2.05) is 13.8 Å². The van der Waals surface area contributed by atoms with E-state index in [2.05, 4.69) is 34.6 Å². The molecule has 0 aromatic heterocycles. The van der Waals surface area contributed by atoms with Crippen LogP contribution in [0.5, 0.6) is 0 Å². The van der Waals surface area contributed by atoms with Crippen molar-refractivity contribution in [2.75, 3.05) is 13.2 Å². The Bertz CT molecular complexity index is 110. The Balaban J connectivity index is 0. The molecule has 0 bridgehead atoms. The average molecular weight is 218 g/mol. The predicted octanol–water partition coefficient (Wildman–Crippen LogP) is 4.03. The molecule has 0 unspecified atom stereocenters. The first-order valence-corrected chi connectivity index (χ1v) is 6.16. The molecule has 0 aliphatic carbocycles. The lowest BCUT2D eigenvalue weighted by molar-refractivity contribution is -0.0621. The van der Waals surface area contributed by atoms with E-state index in [1.165, 1.54) is 0 Å². The fourth-order valence-corrected chi connectivity index (χ4v) is 1.16. The topological polar surface area (TPSA) is 18.5 Å². The molecule has 15 heavy (non-hydrogen) atoms. The molecule has 94 valence electrons. The Labute approximate surface area is 96.4 Å². The summed E-state index contributed by atoms with van der Waals surface area (Å²) in [6.45, 7) is 16.3. The zero-order chi connectivity index (χ0) is 12.3. The van der Waals surface area contributed by atoms with Gasteiger partial charge >= 0.3 is 0 Å². The number of hydrogen-bond donors (Lipinski definition) is 0. The van der Waals surface area contributed by atoms with Crippen LogP contribution in [0.25, 0.3) is 0 Å². The maximum atomic E-state index is 5.74. The SMILES string of the molecule is CCC(CC)OC(C)(C)C.CCOCC. The molecule has 0 atom stereocenters. The molecule has 0 amide bonds. The van der Waals surface area contributed by atoms with Gasteiger partial charge in [0.1, 0.15) is 0 Å². The third-order valence-corrected chi connectivity index (χ3v) is 1.84. The molecule has 0 saturated carbocycles. The third-order valence-electron chi connectivity index (χ3n) is 1.84. The van der Waals surface area contributed by atoms with Crippen molar-refractivity contribution < 1.29 is 9.47 Å². The summed E-state index contributed by atoms with van der Waals surface area (Å²) in [5.74, 6) is 0. The maximum Gasteiger partial charge on any atom is 0.0602 e. The second-order valence-electron chi connectivity index (χ2n) is 4.45. The van der Waals surface area contributed by atoms with E-state index in [1.54, 1.807) is 0 Å². The second-order valence-corrected chi connectivity index (χ2v) is 4.45. The van der Waals surface area contributed by atoms with Crippen molar-refractivity contribution in [1.82, 2.24) is 0 Å². The van der Waals surface area contributed by atoms with Gasteiger partial charge in [-0.1, -0.05) is 13.8 Å². The monoisotopic (exact) mass is 218 g/mol. The quantitative estimate of drug-likeness (QED) is 0.693. The number of hydrogen-bond acceptors (Lipinski definition) is 2. The summed E-state index contributed by atoms with van der Waals surface area (Å²) >= 11 is 0. The highest BCUT2D eigenvalue weighted by molar-refractivity contribution is 4.63. The van der Waals surface area contributed by atoms with Gasteiger partial charge in [0.15, 0.2) is 0 Å². The van der Waals surface area contributed by atoms with Crippen LogP contribution in [0.3, 0.4) is 0 Å². The molecule has 0 aliphatic rings. The first-order valence-electron chi connectivity index (χ1n) is 6.16. The minimum absolute atomic E-state index is 0.0245. The molecule has 0 N–H and O–H groups in total. The van der Waals surface area contributed by atoms with Crippen LogP contribution in [0.2, 0.25) is 0 Å². The van der Waals surface area contributed by atoms with Crippen molar-refractivity contribution in [3.8, 4) is 0 Å². The first kappa shape index (κ1) is 17.3. The summed E-state index contributed by atoms with van der Waals surface area (Å²) in [5.41, 5.74) is 0.0245. The predicted molar refractivity (Wildman–Crippen MR) is 67.4 cm³/mol. The highest BCUT2D eigenvalue weighted by atomic mass is 16.5. The zero-order valence-electron chi connectivity index (χ0n) is 11.7. The van der Waals surface area contributed by atoms with Crippen LogP contribution >= 0.6 is 0 Å². The van der Waals surface area contributed by atoms with E-state index in [9.17, 15) is 0 Å². The zero-order valence-corrected chi connectivity index (χ0v) is 11.7. The molecular formula is C13H30O2. The van der Waals surface area contributed by atoms with Crippen LogP contribution < -0.4 is 0 Å². The molecule has 0 aromatic rings. The summed E-state index contributed by atoms with van der Waals surface area (Å²) in [4.78, 5) is 0. The van der Waals surface area contributed by atoms with E-state index in [0.29, 0.717) is 6.10 Å². The maximum absolute atomic E-state index is 5.74. The standard InChI is InChI=1S/C9H20O.C4H10O/c1-6-8(7-2)10-9(3,4)5;1-3-5-4-2/h8H,6-7H2,1-5H3;3-4H2,1-2H3. The molecule has 2 nitrogen and oxygen atoms in total. The van der Waals surface area contributed by atoms with Gasteiger partial charge in [0.2, 0.25) is 0 Å². The lowest BCUT2D eigenvalue weighted by atomic mass is 10.1. The van der Waals surface area contributed by atoms with Gasteiger partial charge in [-0.05, 0) is 47.5 Å². The van der Waals surface area contributed by atoms with Gasteiger partial charge in [-0.15, -0.1) is 0 Å². The van der Waals surface area contributed by atoms with Gasteiger partial charge in [0.25, 0.3) is 0 Å². The lowest BCUT2D eigenvalue weighted by Gasteiger charge is -2.25. The van der Waals surface area contributed by atoms with E-state index < -0.39 is 0 Å². The van der Waals surface area contributed by atoms with Gasteiger partial charge < -0.3 is 9.47 Å². The summed E-state index contributed by atoms with van der Waals surface area (Å²) in [6, 6.07) is 0. The first-order chi connectivity index (χ1) is 6.91. The van der Waals surface area contributed by atoms with Crippen molar-refractivity contribution in [3.63, 3.8) is 0 Å². The van der Waals surface area contributed by atoms with E-state index >= 15 is 0 Å². The Morgan fingerprint density at radius 2 is 1.27 bits per heavy atom. The van der Waals surface area contributed by atoms with E-state index in [-0.39, 0.29) is 5.60 Å². The molecule has 0 heterocycles. The van der Waals surface area contributed by atoms with Crippen molar-refractivity contribution in [2.24, 2.45) is 0 Å². The smallest absolute Gasteiger partial charge is 0.0602 e. The van der Waals surface area contributed by atoms with Crippen molar-refractivity contribution in [1.29, 1.82) is 0 Å². The lowest BCUT2D eigenvalue weighted by Crippen LogP contribution is -2.26. The molecule has 0 spiro atoms. The molecule has 2 heteroatoms. The number of ether oxygens (including phenoxy) is 2. The van der Waals surface area contributed by atoms with Crippen LogP contribution in [0.1, 0.15) is 61.3 Å². The average Bonchev–Trinajstić information content (AvgIpc) is 2.15. The summed E-state index contributed by atoms with van der Waals surface area (Å²) in [7, 11) is 0. The molecule has 0 saturated heterocycles. The Morgan fingerprint density at radius 3 is 1.33 bits per heavy atom. The van der Waals surface area contributed by atoms with Crippen LogP contribution in [-0.2, 0) is 9.47 Å². The normalized spacial score (nSPS) is 11.2. The fraction of sp³-hybridized carbons (Fsp3) is 1.00. The highest BCUT2D eigenvalue weighted by Crippen LogP contribution is 2.14. The third kappa shape index (κ3) is 16.6. The van der Waals surface area contributed by atoms with Crippen molar-refractivity contribution >= 4 is 0 Å².